The minimum Gasteiger partial charge on any atom is -0.348 e. The number of benzene rings is 1. The van der Waals surface area contributed by atoms with Crippen LogP contribution < -0.4 is 5.32 Å². The van der Waals surface area contributed by atoms with E-state index in [0.717, 1.165) is 5.39 Å². The number of nitrogens with zero attached hydrogens (tertiary/aromatic N) is 2. The van der Waals surface area contributed by atoms with E-state index in [9.17, 15) is 13.2 Å². The summed E-state index contributed by atoms with van der Waals surface area (Å²) in [5.41, 5.74) is 2.45. The third kappa shape index (κ3) is 3.30. The Morgan fingerprint density at radius 2 is 1.88 bits per heavy atom. The van der Waals surface area contributed by atoms with E-state index < -0.39 is 9.84 Å². The molecule has 0 saturated carbocycles. The number of para-hydroxylation sites is 1. The Labute approximate surface area is 151 Å². The first-order valence-electron chi connectivity index (χ1n) is 8.34. The lowest BCUT2D eigenvalue weighted by atomic mass is 10.0. The summed E-state index contributed by atoms with van der Waals surface area (Å²) < 4.78 is 23.3. The lowest BCUT2D eigenvalue weighted by Gasteiger charge is -2.13. The predicted octanol–water partition coefficient (Wildman–Crippen LogP) is 2.21. The summed E-state index contributed by atoms with van der Waals surface area (Å²) in [4.78, 5) is 21.8. The lowest BCUT2D eigenvalue weighted by molar-refractivity contribution is 0.0943. The zero-order valence-corrected chi connectivity index (χ0v) is 14.7. The summed E-state index contributed by atoms with van der Waals surface area (Å²) in [6.45, 7) is 0. The highest BCUT2D eigenvalue weighted by Gasteiger charge is 2.29. The van der Waals surface area contributed by atoms with Gasteiger partial charge in [-0.1, -0.05) is 24.3 Å². The van der Waals surface area contributed by atoms with Gasteiger partial charge in [0.15, 0.2) is 9.84 Å². The van der Waals surface area contributed by atoms with Crippen molar-refractivity contribution in [2.24, 2.45) is 0 Å². The van der Waals surface area contributed by atoms with Gasteiger partial charge in [-0.15, -0.1) is 0 Å². The third-order valence-corrected chi connectivity index (χ3v) is 6.22. The molecular formula is C19H17N3O3S. The minimum absolute atomic E-state index is 0.00511. The number of hydrogen-bond acceptors (Lipinski definition) is 5. The Morgan fingerprint density at radius 3 is 2.62 bits per heavy atom. The fourth-order valence-corrected chi connectivity index (χ4v) is 4.85. The van der Waals surface area contributed by atoms with E-state index in [1.165, 1.54) is 0 Å². The first-order valence-corrected chi connectivity index (χ1v) is 10.2. The highest BCUT2D eigenvalue weighted by atomic mass is 32.2. The molecule has 0 bridgehead atoms. The van der Waals surface area contributed by atoms with Crippen LogP contribution in [0.1, 0.15) is 16.8 Å². The average Bonchev–Trinajstić information content (AvgIpc) is 2.99. The molecule has 1 aliphatic rings. The topological polar surface area (TPSA) is 89.0 Å². The zero-order valence-electron chi connectivity index (χ0n) is 13.9. The molecule has 1 saturated heterocycles. The Hall–Kier alpha value is -2.80. The van der Waals surface area contributed by atoms with Crippen molar-refractivity contribution in [3.8, 4) is 11.4 Å². The molecule has 1 atom stereocenters. The van der Waals surface area contributed by atoms with Crippen LogP contribution in [0.25, 0.3) is 22.3 Å². The Bertz CT molecular complexity index is 1080. The van der Waals surface area contributed by atoms with Gasteiger partial charge >= 0.3 is 0 Å². The largest absolute Gasteiger partial charge is 0.348 e. The van der Waals surface area contributed by atoms with E-state index in [1.807, 2.05) is 42.5 Å². The van der Waals surface area contributed by atoms with Crippen LogP contribution in [0.5, 0.6) is 0 Å². The van der Waals surface area contributed by atoms with Crippen LogP contribution in [-0.4, -0.2) is 41.8 Å². The summed E-state index contributed by atoms with van der Waals surface area (Å²) in [6, 6.07) is 14.3. The zero-order chi connectivity index (χ0) is 18.1. The summed E-state index contributed by atoms with van der Waals surface area (Å²) in [5.74, 6) is -0.175. The highest BCUT2D eigenvalue weighted by Crippen LogP contribution is 2.24. The lowest BCUT2D eigenvalue weighted by Crippen LogP contribution is -2.35. The van der Waals surface area contributed by atoms with Gasteiger partial charge in [0.25, 0.3) is 5.91 Å². The molecule has 1 unspecified atom stereocenters. The average molecular weight is 367 g/mol. The van der Waals surface area contributed by atoms with Crippen LogP contribution >= 0.6 is 0 Å². The molecule has 1 amide bonds. The molecule has 0 spiro atoms. The van der Waals surface area contributed by atoms with Crippen molar-refractivity contribution in [3.05, 3.63) is 60.3 Å². The maximum Gasteiger partial charge on any atom is 0.252 e. The fraction of sp³-hybridized carbons (Fsp3) is 0.211. The summed E-state index contributed by atoms with van der Waals surface area (Å²) in [7, 11) is -3.05. The molecule has 2 aromatic heterocycles. The van der Waals surface area contributed by atoms with Crippen molar-refractivity contribution in [1.29, 1.82) is 0 Å². The molecule has 4 rings (SSSR count). The van der Waals surface area contributed by atoms with Gasteiger partial charge in [0.2, 0.25) is 0 Å². The van der Waals surface area contributed by atoms with Gasteiger partial charge in [0.1, 0.15) is 0 Å². The summed E-state index contributed by atoms with van der Waals surface area (Å²) in [6.07, 6.45) is 2.12. The van der Waals surface area contributed by atoms with Crippen molar-refractivity contribution in [1.82, 2.24) is 15.3 Å². The number of carbonyl (C=O) groups is 1. The second-order valence-corrected chi connectivity index (χ2v) is 8.59. The molecule has 0 aliphatic carbocycles. The van der Waals surface area contributed by atoms with Crippen LogP contribution in [-0.2, 0) is 9.84 Å². The quantitative estimate of drug-likeness (QED) is 0.767. The van der Waals surface area contributed by atoms with Gasteiger partial charge in [0, 0.05) is 17.6 Å². The summed E-state index contributed by atoms with van der Waals surface area (Å²) >= 11 is 0. The fourth-order valence-electron chi connectivity index (χ4n) is 3.18. The number of hydrogen-bond donors (Lipinski definition) is 1. The standard InChI is InChI=1S/C19H17N3O3S/c23-19(21-13-8-10-26(24,25)12-13)15-11-18(17-7-3-4-9-20-17)22-16-6-2-1-5-14(15)16/h1-7,9,11,13H,8,10,12H2,(H,21,23). The van der Waals surface area contributed by atoms with E-state index in [4.69, 9.17) is 0 Å². The number of fused-ring (bicyclic) bond motifs is 1. The second kappa shape index (κ2) is 6.49. The molecule has 1 fully saturated rings. The van der Waals surface area contributed by atoms with Gasteiger partial charge < -0.3 is 5.32 Å². The Balaban J connectivity index is 1.74. The molecule has 3 heterocycles. The van der Waals surface area contributed by atoms with Crippen LogP contribution in [0.3, 0.4) is 0 Å². The normalized spacial score (nSPS) is 18.7. The van der Waals surface area contributed by atoms with Gasteiger partial charge in [-0.25, -0.2) is 13.4 Å². The summed E-state index contributed by atoms with van der Waals surface area (Å²) in [5, 5.41) is 3.58. The van der Waals surface area contributed by atoms with Crippen molar-refractivity contribution >= 4 is 26.6 Å². The van der Waals surface area contributed by atoms with E-state index in [2.05, 4.69) is 15.3 Å². The molecule has 6 nitrogen and oxygen atoms in total. The molecule has 0 radical (unpaired) electrons. The molecule has 3 aromatic rings. The number of aromatic nitrogens is 2. The van der Waals surface area contributed by atoms with E-state index >= 15 is 0 Å². The molecular weight excluding hydrogens is 350 g/mol. The maximum atomic E-state index is 12.9. The maximum absolute atomic E-state index is 12.9. The third-order valence-electron chi connectivity index (χ3n) is 4.46. The van der Waals surface area contributed by atoms with Crippen molar-refractivity contribution in [3.63, 3.8) is 0 Å². The van der Waals surface area contributed by atoms with E-state index in [1.54, 1.807) is 12.3 Å². The number of nitrogens with one attached hydrogen (secondary N) is 1. The van der Waals surface area contributed by atoms with Crippen LogP contribution in [0.4, 0.5) is 0 Å². The highest BCUT2D eigenvalue weighted by molar-refractivity contribution is 7.91. The van der Waals surface area contributed by atoms with Gasteiger partial charge in [-0.3, -0.25) is 9.78 Å². The first-order chi connectivity index (χ1) is 12.5. The van der Waals surface area contributed by atoms with Gasteiger partial charge in [-0.2, -0.15) is 0 Å². The molecule has 1 N–H and O–H groups in total. The molecule has 132 valence electrons. The Kier molecular flexibility index (Phi) is 4.16. The monoisotopic (exact) mass is 367 g/mol. The first kappa shape index (κ1) is 16.7. The number of carbonyl (C=O) groups excluding carboxylic acids is 1. The number of sulfone groups is 1. The number of amides is 1. The van der Waals surface area contributed by atoms with Gasteiger partial charge in [-0.05, 0) is 30.7 Å². The van der Waals surface area contributed by atoms with Crippen LogP contribution in [0.2, 0.25) is 0 Å². The van der Waals surface area contributed by atoms with Crippen molar-refractivity contribution in [2.75, 3.05) is 11.5 Å². The minimum atomic E-state index is -3.05. The van der Waals surface area contributed by atoms with E-state index in [-0.39, 0.29) is 23.5 Å². The molecule has 1 aliphatic heterocycles. The van der Waals surface area contributed by atoms with Crippen LogP contribution in [0.15, 0.2) is 54.7 Å². The molecule has 1 aromatic carbocycles. The molecule has 7 heteroatoms. The SMILES string of the molecule is O=C(NC1CCS(=O)(=O)C1)c1cc(-c2ccccn2)nc2ccccc12. The second-order valence-electron chi connectivity index (χ2n) is 6.36. The number of pyridine rings is 2. The molecule has 26 heavy (non-hydrogen) atoms. The van der Waals surface area contributed by atoms with Crippen LogP contribution in [0, 0.1) is 0 Å². The smallest absolute Gasteiger partial charge is 0.252 e. The van der Waals surface area contributed by atoms with Crippen molar-refractivity contribution < 1.29 is 13.2 Å². The van der Waals surface area contributed by atoms with Gasteiger partial charge in [0.05, 0.1) is 34.0 Å². The van der Waals surface area contributed by atoms with E-state index in [0.29, 0.717) is 28.9 Å². The predicted molar refractivity (Wildman–Crippen MR) is 99.5 cm³/mol. The van der Waals surface area contributed by atoms with Crippen molar-refractivity contribution in [2.45, 2.75) is 12.5 Å². The Morgan fingerprint density at radius 1 is 1.08 bits per heavy atom. The number of rotatable bonds is 3.